The number of carbonyl (C=O) groups is 2. The molecule has 206 valence electrons. The van der Waals surface area contributed by atoms with Gasteiger partial charge >= 0.3 is 6.09 Å². The average molecular weight is 536 g/mol. The fourth-order valence-electron chi connectivity index (χ4n) is 7.08. The number of H-pyrrole nitrogens is 1. The Morgan fingerprint density at radius 1 is 0.925 bits per heavy atom. The lowest BCUT2D eigenvalue weighted by atomic mass is 9.64. The molecular formula is C34H37N3O3. The third-order valence-corrected chi connectivity index (χ3v) is 9.23. The highest BCUT2D eigenvalue weighted by Gasteiger charge is 2.52. The summed E-state index contributed by atoms with van der Waals surface area (Å²) in [4.78, 5) is 32.3. The summed E-state index contributed by atoms with van der Waals surface area (Å²) in [5, 5.41) is 1.10. The first kappa shape index (κ1) is 26.2. The van der Waals surface area contributed by atoms with Gasteiger partial charge in [0.15, 0.2) is 0 Å². The molecule has 1 saturated carbocycles. The van der Waals surface area contributed by atoms with Crippen LogP contribution in [0, 0.1) is 5.41 Å². The van der Waals surface area contributed by atoms with Gasteiger partial charge in [0.05, 0.1) is 6.04 Å². The second-order valence-corrected chi connectivity index (χ2v) is 11.4. The highest BCUT2D eigenvalue weighted by Crippen LogP contribution is 2.55. The van der Waals surface area contributed by atoms with Gasteiger partial charge in [-0.1, -0.05) is 99.0 Å². The Morgan fingerprint density at radius 3 is 2.30 bits per heavy atom. The molecule has 6 heteroatoms. The molecule has 1 aromatic heterocycles. The molecular weight excluding hydrogens is 498 g/mol. The number of para-hydroxylation sites is 1. The Hall–Kier alpha value is -4.06. The maximum absolute atomic E-state index is 14.0. The van der Waals surface area contributed by atoms with Crippen LogP contribution in [0.3, 0.4) is 0 Å². The number of benzene rings is 3. The van der Waals surface area contributed by atoms with Crippen molar-refractivity contribution in [1.82, 2.24) is 9.88 Å². The molecule has 3 aromatic carbocycles. The zero-order chi connectivity index (χ0) is 27.7. The zero-order valence-electron chi connectivity index (χ0n) is 23.1. The van der Waals surface area contributed by atoms with Crippen LogP contribution in [0.2, 0.25) is 0 Å². The summed E-state index contributed by atoms with van der Waals surface area (Å²) in [6.45, 7) is 2.33. The number of amides is 2. The van der Waals surface area contributed by atoms with Crippen molar-refractivity contribution in [3.05, 3.63) is 95.7 Å². The van der Waals surface area contributed by atoms with Crippen molar-refractivity contribution in [2.24, 2.45) is 11.1 Å². The van der Waals surface area contributed by atoms with Gasteiger partial charge in [0.1, 0.15) is 12.6 Å². The van der Waals surface area contributed by atoms with E-state index < -0.39 is 18.0 Å². The smallest absolute Gasteiger partial charge is 0.411 e. The lowest BCUT2D eigenvalue weighted by molar-refractivity contribution is -0.126. The highest BCUT2D eigenvalue weighted by atomic mass is 16.6. The van der Waals surface area contributed by atoms with E-state index in [1.54, 1.807) is 4.90 Å². The first-order valence-electron chi connectivity index (χ1n) is 14.5. The van der Waals surface area contributed by atoms with Crippen LogP contribution in [0.15, 0.2) is 78.9 Å². The van der Waals surface area contributed by atoms with E-state index in [2.05, 4.69) is 36.2 Å². The Kier molecular flexibility index (Phi) is 7.09. The number of carbonyl (C=O) groups excluding carboxylic acids is 2. The molecule has 6 nitrogen and oxygen atoms in total. The second-order valence-electron chi connectivity index (χ2n) is 11.4. The third-order valence-electron chi connectivity index (χ3n) is 9.23. The molecule has 0 spiro atoms. The molecule has 1 aliphatic heterocycles. The summed E-state index contributed by atoms with van der Waals surface area (Å²) in [7, 11) is 0. The van der Waals surface area contributed by atoms with Crippen LogP contribution in [0.25, 0.3) is 22.0 Å². The molecule has 2 atom stereocenters. The van der Waals surface area contributed by atoms with Crippen LogP contribution in [0.4, 0.5) is 4.79 Å². The minimum absolute atomic E-state index is 0.126. The van der Waals surface area contributed by atoms with Gasteiger partial charge in [-0.3, -0.25) is 9.69 Å². The van der Waals surface area contributed by atoms with Crippen molar-refractivity contribution in [2.45, 2.75) is 70.6 Å². The third kappa shape index (κ3) is 4.66. The van der Waals surface area contributed by atoms with Gasteiger partial charge in [0, 0.05) is 23.0 Å². The topological polar surface area (TPSA) is 88.4 Å². The highest BCUT2D eigenvalue weighted by molar-refractivity contribution is 5.90. The van der Waals surface area contributed by atoms with E-state index in [0.29, 0.717) is 6.42 Å². The van der Waals surface area contributed by atoms with Crippen LogP contribution in [-0.2, 0) is 22.6 Å². The monoisotopic (exact) mass is 535 g/mol. The number of nitrogens with one attached hydrogen (secondary N) is 1. The number of hydrogen-bond donors (Lipinski definition) is 2. The minimum atomic E-state index is -0.769. The first-order valence-corrected chi connectivity index (χ1v) is 14.5. The molecule has 40 heavy (non-hydrogen) atoms. The maximum atomic E-state index is 14.0. The number of ether oxygens (including phenoxy) is 1. The SMILES string of the molecule is CCC1([C@@H]2c3[nH]c4ccccc4c3C[C@H](C(N)=O)N2C(=O)OCc2ccc(-c3ccccc3)cc2)CCCCC1. The predicted molar refractivity (Wildman–Crippen MR) is 157 cm³/mol. The van der Waals surface area contributed by atoms with Crippen molar-refractivity contribution in [3.8, 4) is 11.1 Å². The molecule has 0 bridgehead atoms. The van der Waals surface area contributed by atoms with Crippen molar-refractivity contribution in [1.29, 1.82) is 0 Å². The molecule has 1 fully saturated rings. The summed E-state index contributed by atoms with van der Waals surface area (Å²) in [5.74, 6) is -0.493. The number of primary amides is 1. The lowest BCUT2D eigenvalue weighted by Gasteiger charge is -2.51. The van der Waals surface area contributed by atoms with Crippen molar-refractivity contribution >= 4 is 22.9 Å². The van der Waals surface area contributed by atoms with Gasteiger partial charge in [0.2, 0.25) is 5.91 Å². The Bertz CT molecular complexity index is 1500. The molecule has 3 N–H and O–H groups in total. The van der Waals surface area contributed by atoms with Gasteiger partial charge in [0.25, 0.3) is 0 Å². The largest absolute Gasteiger partial charge is 0.445 e. The summed E-state index contributed by atoms with van der Waals surface area (Å²) >= 11 is 0. The number of fused-ring (bicyclic) bond motifs is 3. The number of nitrogens with zero attached hydrogens (tertiary/aromatic N) is 1. The van der Waals surface area contributed by atoms with Crippen LogP contribution in [-0.4, -0.2) is 27.9 Å². The van der Waals surface area contributed by atoms with Gasteiger partial charge in [-0.15, -0.1) is 0 Å². The Labute approximate surface area is 235 Å². The molecule has 2 aliphatic rings. The van der Waals surface area contributed by atoms with Gasteiger partial charge < -0.3 is 15.5 Å². The number of rotatable bonds is 6. The van der Waals surface area contributed by atoms with Crippen LogP contribution < -0.4 is 5.73 Å². The van der Waals surface area contributed by atoms with E-state index in [4.69, 9.17) is 10.5 Å². The van der Waals surface area contributed by atoms with E-state index in [1.165, 1.54) is 6.42 Å². The van der Waals surface area contributed by atoms with E-state index in [1.807, 2.05) is 54.6 Å². The van der Waals surface area contributed by atoms with Crippen molar-refractivity contribution in [2.75, 3.05) is 0 Å². The fourth-order valence-corrected chi connectivity index (χ4v) is 7.08. The van der Waals surface area contributed by atoms with Crippen molar-refractivity contribution in [3.63, 3.8) is 0 Å². The Balaban J connectivity index is 1.34. The van der Waals surface area contributed by atoms with Crippen LogP contribution in [0.1, 0.15) is 68.3 Å². The molecule has 4 aromatic rings. The molecule has 0 saturated heterocycles. The summed E-state index contributed by atoms with van der Waals surface area (Å²) < 4.78 is 5.96. The molecule has 1 aliphatic carbocycles. The second kappa shape index (κ2) is 10.8. The van der Waals surface area contributed by atoms with E-state index in [0.717, 1.165) is 71.0 Å². The summed E-state index contributed by atoms with van der Waals surface area (Å²) in [5.41, 5.74) is 12.2. The molecule has 0 radical (unpaired) electrons. The molecule has 2 heterocycles. The molecule has 6 rings (SSSR count). The van der Waals surface area contributed by atoms with E-state index in [9.17, 15) is 9.59 Å². The van der Waals surface area contributed by atoms with E-state index >= 15 is 0 Å². The van der Waals surface area contributed by atoms with Gasteiger partial charge in [-0.25, -0.2) is 4.79 Å². The Morgan fingerprint density at radius 2 is 1.60 bits per heavy atom. The van der Waals surface area contributed by atoms with Gasteiger partial charge in [-0.05, 0) is 53.0 Å². The zero-order valence-corrected chi connectivity index (χ0v) is 23.1. The summed E-state index contributed by atoms with van der Waals surface area (Å²) in [6.07, 6.45) is 6.21. The maximum Gasteiger partial charge on any atom is 0.411 e. The predicted octanol–water partition coefficient (Wildman–Crippen LogP) is 7.29. The quantitative estimate of drug-likeness (QED) is 0.272. The minimum Gasteiger partial charge on any atom is -0.445 e. The summed E-state index contributed by atoms with van der Waals surface area (Å²) in [6, 6.07) is 25.3. The van der Waals surface area contributed by atoms with Crippen molar-refractivity contribution < 1.29 is 14.3 Å². The normalized spacial score (nSPS) is 20.2. The number of aromatic amines is 1. The van der Waals surface area contributed by atoms with Crippen LogP contribution in [0.5, 0.6) is 0 Å². The van der Waals surface area contributed by atoms with Gasteiger partial charge in [-0.2, -0.15) is 0 Å². The molecule has 2 amide bonds. The average Bonchev–Trinajstić information content (AvgIpc) is 3.38. The number of nitrogens with two attached hydrogens (primary N) is 1. The number of hydrogen-bond acceptors (Lipinski definition) is 3. The standard InChI is InChI=1S/C34H37N3O3/c1-2-34(19-9-4-10-20-34)31-30-27(26-13-7-8-14-28(26)36-30)21-29(32(35)38)37(31)33(39)40-22-23-15-17-25(18-16-23)24-11-5-3-6-12-24/h3,5-8,11-18,29,31,36H,2,4,9-10,19-22H2,1H3,(H2,35,38)/t29-,31+/m1/s1. The lowest BCUT2D eigenvalue weighted by Crippen LogP contribution is -2.57. The first-order chi connectivity index (χ1) is 19.5. The fraction of sp³-hybridized carbons (Fsp3) is 0.353. The van der Waals surface area contributed by atoms with Crippen LogP contribution >= 0.6 is 0 Å². The molecule has 0 unspecified atom stereocenters. The number of aromatic nitrogens is 1. The van der Waals surface area contributed by atoms with E-state index in [-0.39, 0.29) is 18.1 Å².